The van der Waals surface area contributed by atoms with Crippen LogP contribution in [0.4, 0.5) is 4.79 Å². The van der Waals surface area contributed by atoms with Gasteiger partial charge in [-0.05, 0) is 24.3 Å². The Hall–Kier alpha value is -1.56. The first kappa shape index (κ1) is 15.8. The van der Waals surface area contributed by atoms with Gasteiger partial charge in [-0.1, -0.05) is 13.0 Å². The van der Waals surface area contributed by atoms with Gasteiger partial charge in [-0.3, -0.25) is 4.79 Å². The van der Waals surface area contributed by atoms with Gasteiger partial charge in [0.25, 0.3) is 0 Å². The zero-order valence-corrected chi connectivity index (χ0v) is 13.3. The van der Waals surface area contributed by atoms with Crippen LogP contribution in [0.15, 0.2) is 17.5 Å². The standard InChI is InChI=1S/C15H23N3O2S/c1-2-6-16-15(20)18-8-4-7-17(9-10-18)14(19)12-13-5-3-11-21-13/h3,5,11H,2,4,6-10,12H2,1H3,(H,16,20). The van der Waals surface area contributed by atoms with Gasteiger partial charge in [-0.15, -0.1) is 11.3 Å². The van der Waals surface area contributed by atoms with Crippen LogP contribution in [0.25, 0.3) is 0 Å². The van der Waals surface area contributed by atoms with E-state index in [1.165, 1.54) is 0 Å². The Balaban J connectivity index is 1.82. The van der Waals surface area contributed by atoms with E-state index >= 15 is 0 Å². The number of thiophene rings is 1. The van der Waals surface area contributed by atoms with Crippen LogP contribution in [0.2, 0.25) is 0 Å². The molecule has 0 saturated carbocycles. The molecule has 1 aliphatic rings. The molecule has 1 aliphatic heterocycles. The van der Waals surface area contributed by atoms with Gasteiger partial charge >= 0.3 is 6.03 Å². The molecule has 0 atom stereocenters. The number of carbonyl (C=O) groups is 2. The molecule has 0 aromatic carbocycles. The highest BCUT2D eigenvalue weighted by molar-refractivity contribution is 7.10. The van der Waals surface area contributed by atoms with Crippen LogP contribution >= 0.6 is 11.3 Å². The smallest absolute Gasteiger partial charge is 0.317 e. The van der Waals surface area contributed by atoms with Crippen molar-refractivity contribution in [2.75, 3.05) is 32.7 Å². The number of amides is 3. The molecule has 6 heteroatoms. The summed E-state index contributed by atoms with van der Waals surface area (Å²) in [5.41, 5.74) is 0. The number of hydrogen-bond acceptors (Lipinski definition) is 3. The third kappa shape index (κ3) is 4.74. The Labute approximate surface area is 129 Å². The number of carbonyl (C=O) groups excluding carboxylic acids is 2. The molecular formula is C15H23N3O2S. The third-order valence-corrected chi connectivity index (χ3v) is 4.44. The molecule has 1 aromatic heterocycles. The van der Waals surface area contributed by atoms with E-state index in [9.17, 15) is 9.59 Å². The molecule has 1 saturated heterocycles. The lowest BCUT2D eigenvalue weighted by molar-refractivity contribution is -0.130. The van der Waals surface area contributed by atoms with Crippen molar-refractivity contribution < 1.29 is 9.59 Å². The van der Waals surface area contributed by atoms with E-state index < -0.39 is 0 Å². The molecular weight excluding hydrogens is 286 g/mol. The minimum atomic E-state index is -0.00981. The van der Waals surface area contributed by atoms with E-state index in [0.29, 0.717) is 26.1 Å². The summed E-state index contributed by atoms with van der Waals surface area (Å²) in [6.45, 7) is 5.44. The summed E-state index contributed by atoms with van der Waals surface area (Å²) in [5, 5.41) is 4.89. The van der Waals surface area contributed by atoms with Crippen LogP contribution in [0.3, 0.4) is 0 Å². The highest BCUT2D eigenvalue weighted by atomic mass is 32.1. The van der Waals surface area contributed by atoms with Crippen LogP contribution in [0, 0.1) is 0 Å². The van der Waals surface area contributed by atoms with E-state index in [1.807, 2.05) is 34.2 Å². The first-order valence-corrected chi connectivity index (χ1v) is 8.41. The topological polar surface area (TPSA) is 52.7 Å². The molecule has 2 heterocycles. The van der Waals surface area contributed by atoms with Crippen molar-refractivity contribution in [1.82, 2.24) is 15.1 Å². The minimum Gasteiger partial charge on any atom is -0.341 e. The van der Waals surface area contributed by atoms with Gasteiger partial charge in [0.1, 0.15) is 0 Å². The van der Waals surface area contributed by atoms with Crippen LogP contribution in [-0.4, -0.2) is 54.5 Å². The fourth-order valence-electron chi connectivity index (χ4n) is 2.39. The fourth-order valence-corrected chi connectivity index (χ4v) is 3.08. The lowest BCUT2D eigenvalue weighted by Gasteiger charge is -2.22. The maximum absolute atomic E-state index is 12.3. The third-order valence-electron chi connectivity index (χ3n) is 3.57. The van der Waals surface area contributed by atoms with Crippen molar-refractivity contribution in [2.24, 2.45) is 0 Å². The van der Waals surface area contributed by atoms with Gasteiger partial charge in [-0.2, -0.15) is 0 Å². The SMILES string of the molecule is CCCNC(=O)N1CCCN(C(=O)Cc2cccs2)CC1. The Kier molecular flexibility index (Phi) is 6.04. The maximum Gasteiger partial charge on any atom is 0.317 e. The summed E-state index contributed by atoms with van der Waals surface area (Å²) in [4.78, 5) is 29.0. The monoisotopic (exact) mass is 309 g/mol. The normalized spacial score (nSPS) is 15.7. The summed E-state index contributed by atoms with van der Waals surface area (Å²) in [6, 6.07) is 3.95. The number of nitrogens with zero attached hydrogens (tertiary/aromatic N) is 2. The molecule has 0 spiro atoms. The average Bonchev–Trinajstić information content (AvgIpc) is 2.86. The second-order valence-electron chi connectivity index (χ2n) is 5.21. The molecule has 3 amide bonds. The van der Waals surface area contributed by atoms with Crippen molar-refractivity contribution in [3.05, 3.63) is 22.4 Å². The zero-order chi connectivity index (χ0) is 15.1. The second kappa shape index (κ2) is 8.02. The summed E-state index contributed by atoms with van der Waals surface area (Å²) >= 11 is 1.61. The Morgan fingerprint density at radius 3 is 2.71 bits per heavy atom. The molecule has 1 fully saturated rings. The summed E-state index contributed by atoms with van der Waals surface area (Å²) in [5.74, 6) is 0.160. The van der Waals surface area contributed by atoms with Gasteiger partial charge in [-0.25, -0.2) is 4.79 Å². The Morgan fingerprint density at radius 2 is 2.00 bits per heavy atom. The van der Waals surface area contributed by atoms with Crippen molar-refractivity contribution in [3.8, 4) is 0 Å². The van der Waals surface area contributed by atoms with Gasteiger partial charge in [0.05, 0.1) is 6.42 Å². The van der Waals surface area contributed by atoms with E-state index in [0.717, 1.165) is 30.8 Å². The Morgan fingerprint density at radius 1 is 1.24 bits per heavy atom. The van der Waals surface area contributed by atoms with Crippen molar-refractivity contribution in [2.45, 2.75) is 26.2 Å². The molecule has 0 bridgehead atoms. The molecule has 0 radical (unpaired) electrons. The zero-order valence-electron chi connectivity index (χ0n) is 12.5. The van der Waals surface area contributed by atoms with E-state index in [1.54, 1.807) is 11.3 Å². The van der Waals surface area contributed by atoms with Gasteiger partial charge < -0.3 is 15.1 Å². The molecule has 116 valence electrons. The van der Waals surface area contributed by atoms with Crippen LogP contribution < -0.4 is 5.32 Å². The highest BCUT2D eigenvalue weighted by Crippen LogP contribution is 2.12. The first-order chi connectivity index (χ1) is 10.2. The van der Waals surface area contributed by atoms with Gasteiger partial charge in [0, 0.05) is 37.6 Å². The van der Waals surface area contributed by atoms with Crippen LogP contribution in [0.1, 0.15) is 24.6 Å². The Bertz CT molecular complexity index is 461. The number of rotatable bonds is 4. The summed E-state index contributed by atoms with van der Waals surface area (Å²) < 4.78 is 0. The van der Waals surface area contributed by atoms with Crippen molar-refractivity contribution in [3.63, 3.8) is 0 Å². The fraction of sp³-hybridized carbons (Fsp3) is 0.600. The predicted molar refractivity (Wildman–Crippen MR) is 84.5 cm³/mol. The van der Waals surface area contributed by atoms with Crippen LogP contribution in [-0.2, 0) is 11.2 Å². The average molecular weight is 309 g/mol. The lowest BCUT2D eigenvalue weighted by atomic mass is 10.3. The number of hydrogen-bond donors (Lipinski definition) is 1. The molecule has 1 aromatic rings. The second-order valence-corrected chi connectivity index (χ2v) is 6.24. The van der Waals surface area contributed by atoms with Crippen molar-refractivity contribution in [1.29, 1.82) is 0 Å². The van der Waals surface area contributed by atoms with Crippen molar-refractivity contribution >= 4 is 23.3 Å². The predicted octanol–water partition coefficient (Wildman–Crippen LogP) is 1.94. The summed E-state index contributed by atoms with van der Waals surface area (Å²) in [7, 11) is 0. The summed E-state index contributed by atoms with van der Waals surface area (Å²) in [6.07, 6.45) is 2.25. The molecule has 0 aliphatic carbocycles. The maximum atomic E-state index is 12.3. The van der Waals surface area contributed by atoms with E-state index in [4.69, 9.17) is 0 Å². The molecule has 2 rings (SSSR count). The number of urea groups is 1. The van der Waals surface area contributed by atoms with Gasteiger partial charge in [0.15, 0.2) is 0 Å². The van der Waals surface area contributed by atoms with E-state index in [2.05, 4.69) is 5.32 Å². The van der Waals surface area contributed by atoms with Crippen LogP contribution in [0.5, 0.6) is 0 Å². The molecule has 21 heavy (non-hydrogen) atoms. The van der Waals surface area contributed by atoms with Gasteiger partial charge in [0.2, 0.25) is 5.91 Å². The quantitative estimate of drug-likeness (QED) is 0.924. The first-order valence-electron chi connectivity index (χ1n) is 7.53. The largest absolute Gasteiger partial charge is 0.341 e. The van der Waals surface area contributed by atoms with E-state index in [-0.39, 0.29) is 11.9 Å². The molecule has 5 nitrogen and oxygen atoms in total. The number of nitrogens with one attached hydrogen (secondary N) is 1. The molecule has 1 N–H and O–H groups in total. The highest BCUT2D eigenvalue weighted by Gasteiger charge is 2.21. The molecule has 0 unspecified atom stereocenters. The lowest BCUT2D eigenvalue weighted by Crippen LogP contribution is -2.43. The minimum absolute atomic E-state index is 0.00981.